The number of aromatic nitrogens is 2. The van der Waals surface area contributed by atoms with Gasteiger partial charge in [-0.2, -0.15) is 0 Å². The molecule has 2 rings (SSSR count). The van der Waals surface area contributed by atoms with Crippen molar-refractivity contribution in [3.63, 3.8) is 0 Å². The van der Waals surface area contributed by atoms with Crippen LogP contribution in [0.5, 0.6) is 0 Å². The Balaban J connectivity index is 1.93. The molecule has 15 heavy (non-hydrogen) atoms. The Morgan fingerprint density at radius 2 is 2.47 bits per heavy atom. The predicted octanol–water partition coefficient (Wildman–Crippen LogP) is 0.811. The molecule has 1 heterocycles. The molecule has 4 nitrogen and oxygen atoms in total. The molecule has 1 aromatic heterocycles. The van der Waals surface area contributed by atoms with Gasteiger partial charge in [-0.25, -0.2) is 4.98 Å². The van der Waals surface area contributed by atoms with E-state index in [1.165, 1.54) is 0 Å². The molecular formula is C10H15N3OS. The number of aliphatic hydroxyl groups is 1. The van der Waals surface area contributed by atoms with E-state index in [1.54, 1.807) is 30.4 Å². The topological polar surface area (TPSA) is 72.0 Å². The highest BCUT2D eigenvalue weighted by atomic mass is 32.2. The number of aliphatic hydroxyl groups excluding tert-OH is 1. The molecule has 82 valence electrons. The fourth-order valence-corrected chi connectivity index (χ4v) is 3.10. The third kappa shape index (κ3) is 2.68. The van der Waals surface area contributed by atoms with E-state index in [9.17, 15) is 0 Å². The molecule has 2 atom stereocenters. The summed E-state index contributed by atoms with van der Waals surface area (Å²) < 4.78 is 0. The predicted molar refractivity (Wildman–Crippen MR) is 59.5 cm³/mol. The Bertz CT molecular complexity index is 322. The number of nitrogens with two attached hydrogens (primary N) is 1. The van der Waals surface area contributed by atoms with E-state index in [4.69, 9.17) is 10.8 Å². The van der Waals surface area contributed by atoms with E-state index < -0.39 is 0 Å². The molecular weight excluding hydrogens is 210 g/mol. The second-order valence-electron chi connectivity index (χ2n) is 4.05. The maximum absolute atomic E-state index is 9.15. The number of thioether (sulfide) groups is 1. The molecule has 0 amide bonds. The van der Waals surface area contributed by atoms with Crippen LogP contribution in [0.25, 0.3) is 0 Å². The van der Waals surface area contributed by atoms with Crippen molar-refractivity contribution in [2.24, 2.45) is 5.73 Å². The Kier molecular flexibility index (Phi) is 3.23. The maximum Gasteiger partial charge on any atom is 0.115 e. The number of nitrogens with zero attached hydrogens (tertiary/aromatic N) is 2. The zero-order chi connectivity index (χ0) is 10.7. The van der Waals surface area contributed by atoms with Crippen LogP contribution in [0.1, 0.15) is 19.3 Å². The lowest BCUT2D eigenvalue weighted by Gasteiger charge is -2.20. The lowest BCUT2D eigenvalue weighted by molar-refractivity contribution is 0.200. The molecule has 0 radical (unpaired) electrons. The van der Waals surface area contributed by atoms with Crippen molar-refractivity contribution in [1.82, 2.24) is 9.97 Å². The van der Waals surface area contributed by atoms with E-state index in [1.807, 2.05) is 0 Å². The van der Waals surface area contributed by atoms with Gasteiger partial charge in [0, 0.05) is 23.2 Å². The van der Waals surface area contributed by atoms with Crippen molar-refractivity contribution in [3.8, 4) is 0 Å². The van der Waals surface area contributed by atoms with Crippen LogP contribution in [0.3, 0.4) is 0 Å². The van der Waals surface area contributed by atoms with Crippen LogP contribution in [0.2, 0.25) is 0 Å². The average molecular weight is 225 g/mol. The summed E-state index contributed by atoms with van der Waals surface area (Å²) in [6.07, 6.45) is 7.91. The van der Waals surface area contributed by atoms with Gasteiger partial charge in [0.15, 0.2) is 0 Å². The summed E-state index contributed by atoms with van der Waals surface area (Å²) >= 11 is 1.70. The largest absolute Gasteiger partial charge is 0.394 e. The fourth-order valence-electron chi connectivity index (χ4n) is 1.87. The van der Waals surface area contributed by atoms with E-state index in [-0.39, 0.29) is 12.1 Å². The smallest absolute Gasteiger partial charge is 0.115 e. The molecule has 1 saturated carbocycles. The van der Waals surface area contributed by atoms with Crippen molar-refractivity contribution in [3.05, 3.63) is 18.6 Å². The first-order valence-electron chi connectivity index (χ1n) is 5.04. The van der Waals surface area contributed by atoms with Crippen LogP contribution >= 0.6 is 11.8 Å². The van der Waals surface area contributed by atoms with Gasteiger partial charge < -0.3 is 10.8 Å². The fraction of sp³-hybridized carbons (Fsp3) is 0.600. The van der Waals surface area contributed by atoms with Gasteiger partial charge in [0.1, 0.15) is 5.03 Å². The number of hydrogen-bond donors (Lipinski definition) is 2. The molecule has 0 aromatic carbocycles. The first-order chi connectivity index (χ1) is 7.22. The molecule has 2 unspecified atom stereocenters. The maximum atomic E-state index is 9.15. The van der Waals surface area contributed by atoms with Crippen LogP contribution in [0.15, 0.2) is 23.6 Å². The van der Waals surface area contributed by atoms with Crippen molar-refractivity contribution in [2.45, 2.75) is 35.1 Å². The molecule has 1 aromatic rings. The second-order valence-corrected chi connectivity index (χ2v) is 5.37. The van der Waals surface area contributed by atoms with Crippen molar-refractivity contribution in [1.29, 1.82) is 0 Å². The normalized spacial score (nSPS) is 30.7. The second kappa shape index (κ2) is 4.47. The highest BCUT2D eigenvalue weighted by molar-refractivity contribution is 7.99. The summed E-state index contributed by atoms with van der Waals surface area (Å²) in [7, 11) is 0. The molecule has 3 N–H and O–H groups in total. The molecule has 0 bridgehead atoms. The molecule has 1 fully saturated rings. The van der Waals surface area contributed by atoms with Crippen LogP contribution in [-0.4, -0.2) is 32.5 Å². The van der Waals surface area contributed by atoms with Gasteiger partial charge in [-0.3, -0.25) is 4.98 Å². The Hall–Kier alpha value is -0.650. The molecule has 0 saturated heterocycles. The third-order valence-corrected chi connectivity index (χ3v) is 3.93. The Morgan fingerprint density at radius 1 is 1.60 bits per heavy atom. The van der Waals surface area contributed by atoms with Gasteiger partial charge in [-0.1, -0.05) is 0 Å². The zero-order valence-electron chi connectivity index (χ0n) is 8.47. The quantitative estimate of drug-likeness (QED) is 0.796. The molecule has 1 aliphatic rings. The van der Waals surface area contributed by atoms with Gasteiger partial charge in [-0.15, -0.1) is 11.8 Å². The minimum Gasteiger partial charge on any atom is -0.394 e. The van der Waals surface area contributed by atoms with Crippen molar-refractivity contribution >= 4 is 11.8 Å². The highest BCUT2D eigenvalue weighted by Crippen LogP contribution is 2.37. The summed E-state index contributed by atoms with van der Waals surface area (Å²) in [5, 5.41) is 10.5. The first kappa shape index (κ1) is 10.9. The first-order valence-corrected chi connectivity index (χ1v) is 5.92. The van der Waals surface area contributed by atoms with Gasteiger partial charge in [0.2, 0.25) is 0 Å². The van der Waals surface area contributed by atoms with E-state index in [0.717, 1.165) is 24.3 Å². The summed E-state index contributed by atoms with van der Waals surface area (Å²) in [5.74, 6) is 0. The van der Waals surface area contributed by atoms with E-state index in [0.29, 0.717) is 5.25 Å². The molecule has 1 aliphatic carbocycles. The summed E-state index contributed by atoms with van der Waals surface area (Å²) in [5.41, 5.74) is 5.63. The van der Waals surface area contributed by atoms with Crippen LogP contribution < -0.4 is 5.73 Å². The van der Waals surface area contributed by atoms with Crippen LogP contribution in [0.4, 0.5) is 0 Å². The minimum absolute atomic E-state index is 0.0739. The summed E-state index contributed by atoms with van der Waals surface area (Å²) in [4.78, 5) is 8.23. The van der Waals surface area contributed by atoms with Gasteiger partial charge >= 0.3 is 0 Å². The van der Waals surface area contributed by atoms with Crippen LogP contribution in [-0.2, 0) is 0 Å². The SMILES string of the molecule is NC1(CO)CCC(Sc2cnccn2)C1. The monoisotopic (exact) mass is 225 g/mol. The van der Waals surface area contributed by atoms with Crippen LogP contribution in [0, 0.1) is 0 Å². The van der Waals surface area contributed by atoms with E-state index in [2.05, 4.69) is 9.97 Å². The lowest BCUT2D eigenvalue weighted by atomic mass is 10.0. The lowest BCUT2D eigenvalue weighted by Crippen LogP contribution is -2.40. The van der Waals surface area contributed by atoms with E-state index >= 15 is 0 Å². The summed E-state index contributed by atoms with van der Waals surface area (Å²) in [6, 6.07) is 0. The third-order valence-electron chi connectivity index (χ3n) is 2.74. The highest BCUT2D eigenvalue weighted by Gasteiger charge is 2.35. The molecule has 0 spiro atoms. The zero-order valence-corrected chi connectivity index (χ0v) is 9.28. The standard InChI is InChI=1S/C10H15N3OS/c11-10(7-14)2-1-8(5-10)15-9-6-12-3-4-13-9/h3-4,6,8,14H,1-2,5,7,11H2. The van der Waals surface area contributed by atoms with Crippen molar-refractivity contribution in [2.75, 3.05) is 6.61 Å². The van der Waals surface area contributed by atoms with Gasteiger partial charge in [0.25, 0.3) is 0 Å². The summed E-state index contributed by atoms with van der Waals surface area (Å²) in [6.45, 7) is 0.0739. The van der Waals surface area contributed by atoms with Gasteiger partial charge in [0.05, 0.1) is 12.8 Å². The number of hydrogen-bond acceptors (Lipinski definition) is 5. The number of rotatable bonds is 3. The van der Waals surface area contributed by atoms with Crippen molar-refractivity contribution < 1.29 is 5.11 Å². The Labute approximate surface area is 93.3 Å². The molecule has 0 aliphatic heterocycles. The minimum atomic E-state index is -0.375. The van der Waals surface area contributed by atoms with Gasteiger partial charge in [-0.05, 0) is 19.3 Å². The average Bonchev–Trinajstić information content (AvgIpc) is 2.63. The Morgan fingerprint density at radius 3 is 3.07 bits per heavy atom. The molecule has 5 heteroatoms.